The van der Waals surface area contributed by atoms with Crippen molar-refractivity contribution in [3.63, 3.8) is 0 Å². The zero-order chi connectivity index (χ0) is 20.1. The van der Waals surface area contributed by atoms with Gasteiger partial charge in [-0.05, 0) is 0 Å². The van der Waals surface area contributed by atoms with Crippen LogP contribution in [0.5, 0.6) is 0 Å². The van der Waals surface area contributed by atoms with E-state index in [9.17, 15) is 0 Å². The van der Waals surface area contributed by atoms with Gasteiger partial charge in [-0.2, -0.15) is 0 Å². The minimum atomic E-state index is -0.947. The first kappa shape index (κ1) is 31.5. The van der Waals surface area contributed by atoms with Crippen LogP contribution in [0.1, 0.15) is 136 Å². The van der Waals surface area contributed by atoms with Gasteiger partial charge in [-0.15, -0.1) is 17.0 Å². The standard InChI is InChI=1S/C25H56P2.BrH/c1-5-8-11-14-17-20-23-27(26-4,24-21-18-15-12-9-6-2)25-22-19-16-13-10-7-3;/h26-27H,5-25H2,1-4H3;1H. The third-order valence-corrected chi connectivity index (χ3v) is 17.0. The second-order valence-corrected chi connectivity index (χ2v) is 18.3. The molecule has 28 heavy (non-hydrogen) atoms. The monoisotopic (exact) mass is 498 g/mol. The van der Waals surface area contributed by atoms with Crippen LogP contribution in [0.3, 0.4) is 0 Å². The first-order chi connectivity index (χ1) is 13.2. The summed E-state index contributed by atoms with van der Waals surface area (Å²) in [5, 5.41) is 0. The molecule has 174 valence electrons. The van der Waals surface area contributed by atoms with Gasteiger partial charge in [0.25, 0.3) is 0 Å². The Kier molecular flexibility index (Phi) is 27.7. The van der Waals surface area contributed by atoms with Crippen LogP contribution in [0.25, 0.3) is 0 Å². The van der Waals surface area contributed by atoms with Gasteiger partial charge in [0.2, 0.25) is 0 Å². The van der Waals surface area contributed by atoms with Crippen molar-refractivity contribution in [2.45, 2.75) is 136 Å². The van der Waals surface area contributed by atoms with Gasteiger partial charge in [-0.1, -0.05) is 0 Å². The van der Waals surface area contributed by atoms with Crippen LogP contribution >= 0.6 is 32.2 Å². The Balaban J connectivity index is 0. The summed E-state index contributed by atoms with van der Waals surface area (Å²) in [5.74, 6) is 0. The maximum absolute atomic E-state index is 2.58. The van der Waals surface area contributed by atoms with Crippen molar-refractivity contribution >= 4 is 32.2 Å². The molecule has 0 aliphatic carbocycles. The number of unbranched alkanes of at least 4 members (excludes halogenated alkanes) is 15. The molecule has 0 nitrogen and oxygen atoms in total. The van der Waals surface area contributed by atoms with Gasteiger partial charge in [0.05, 0.1) is 0 Å². The average molecular weight is 500 g/mol. The molecule has 0 fully saturated rings. The van der Waals surface area contributed by atoms with Crippen LogP contribution in [0.2, 0.25) is 0 Å². The van der Waals surface area contributed by atoms with Crippen molar-refractivity contribution in [1.29, 1.82) is 0 Å². The van der Waals surface area contributed by atoms with Crippen molar-refractivity contribution in [2.75, 3.05) is 25.2 Å². The zero-order valence-electron chi connectivity index (χ0n) is 20.3. The van der Waals surface area contributed by atoms with Crippen LogP contribution < -0.4 is 0 Å². The van der Waals surface area contributed by atoms with E-state index < -0.39 is 6.95 Å². The van der Waals surface area contributed by atoms with Crippen molar-refractivity contribution in [1.82, 2.24) is 0 Å². The molecule has 0 radical (unpaired) electrons. The summed E-state index contributed by atoms with van der Waals surface area (Å²) in [6.07, 6.45) is 31.7. The quantitative estimate of drug-likeness (QED) is 0.103. The van der Waals surface area contributed by atoms with Gasteiger partial charge in [-0.3, -0.25) is 0 Å². The molecule has 0 saturated heterocycles. The zero-order valence-corrected chi connectivity index (χ0v) is 24.0. The van der Waals surface area contributed by atoms with Gasteiger partial charge < -0.3 is 0 Å². The van der Waals surface area contributed by atoms with Gasteiger partial charge in [0, 0.05) is 0 Å². The molecular weight excluding hydrogens is 442 g/mol. The Hall–Kier alpha value is 1.34. The summed E-state index contributed by atoms with van der Waals surface area (Å²) >= 11 is 0. The Morgan fingerprint density at radius 2 is 0.679 bits per heavy atom. The van der Waals surface area contributed by atoms with Gasteiger partial charge >= 0.3 is 177 Å². The van der Waals surface area contributed by atoms with Crippen molar-refractivity contribution in [3.8, 4) is 0 Å². The second-order valence-electron chi connectivity index (χ2n) is 9.08. The predicted molar refractivity (Wildman–Crippen MR) is 148 cm³/mol. The molecule has 0 aliphatic rings. The summed E-state index contributed by atoms with van der Waals surface area (Å²) in [7, 11) is 1.29. The average Bonchev–Trinajstić information content (AvgIpc) is 2.69. The maximum atomic E-state index is 2.58. The molecule has 1 atom stereocenters. The van der Waals surface area contributed by atoms with E-state index in [0.29, 0.717) is 0 Å². The van der Waals surface area contributed by atoms with Crippen LogP contribution in [-0.4, -0.2) is 25.2 Å². The third kappa shape index (κ3) is 19.3. The van der Waals surface area contributed by atoms with Crippen molar-refractivity contribution < 1.29 is 0 Å². The molecule has 0 bridgehead atoms. The van der Waals surface area contributed by atoms with Crippen LogP contribution in [0.4, 0.5) is 0 Å². The summed E-state index contributed by atoms with van der Waals surface area (Å²) in [5.41, 5.74) is 0. The van der Waals surface area contributed by atoms with E-state index in [1.807, 2.05) is 0 Å². The third-order valence-electron chi connectivity index (χ3n) is 6.56. The van der Waals surface area contributed by atoms with Crippen LogP contribution in [0, 0.1) is 0 Å². The van der Waals surface area contributed by atoms with Gasteiger partial charge in [-0.25, -0.2) is 0 Å². The first-order valence-electron chi connectivity index (χ1n) is 12.9. The van der Waals surface area contributed by atoms with E-state index in [2.05, 4.69) is 27.4 Å². The molecular formula is C25H57BrP2. The van der Waals surface area contributed by atoms with Crippen LogP contribution in [0.15, 0.2) is 0 Å². The fourth-order valence-corrected chi connectivity index (χ4v) is 12.6. The van der Waals surface area contributed by atoms with Gasteiger partial charge in [0.15, 0.2) is 0 Å². The fourth-order valence-electron chi connectivity index (χ4n) is 4.48. The normalized spacial score (nSPS) is 12.6. The summed E-state index contributed by atoms with van der Waals surface area (Å²) < 4.78 is 0. The predicted octanol–water partition coefficient (Wildman–Crippen LogP) is 10.6. The molecule has 0 saturated carbocycles. The van der Waals surface area contributed by atoms with Crippen molar-refractivity contribution in [3.05, 3.63) is 0 Å². The molecule has 0 spiro atoms. The van der Waals surface area contributed by atoms with E-state index in [1.165, 1.54) is 105 Å². The van der Waals surface area contributed by atoms with E-state index in [4.69, 9.17) is 0 Å². The molecule has 0 N–H and O–H groups in total. The molecule has 0 aromatic carbocycles. The van der Waals surface area contributed by atoms with E-state index >= 15 is 0 Å². The number of hydrogen-bond acceptors (Lipinski definition) is 0. The summed E-state index contributed by atoms with van der Waals surface area (Å²) in [6.45, 7) is 8.63. The number of rotatable bonds is 22. The summed E-state index contributed by atoms with van der Waals surface area (Å²) in [6, 6.07) is 0. The first-order valence-corrected chi connectivity index (χ1v) is 18.1. The molecule has 0 amide bonds. The van der Waals surface area contributed by atoms with E-state index in [-0.39, 0.29) is 17.0 Å². The van der Waals surface area contributed by atoms with Crippen LogP contribution in [-0.2, 0) is 0 Å². The molecule has 3 heteroatoms. The number of halogens is 1. The van der Waals surface area contributed by atoms with Crippen molar-refractivity contribution in [2.24, 2.45) is 0 Å². The van der Waals surface area contributed by atoms with E-state index in [0.717, 1.165) is 0 Å². The molecule has 1 unspecified atom stereocenters. The Morgan fingerprint density at radius 1 is 0.429 bits per heavy atom. The molecule has 0 rings (SSSR count). The minimum absolute atomic E-state index is 0. The Labute approximate surface area is 193 Å². The fraction of sp³-hybridized carbons (Fsp3) is 1.00. The SMILES string of the molecule is Br.CCCCCCCC[PH](CCCCCCCC)(CCCCCCCC)PC. The topological polar surface area (TPSA) is 0 Å². The molecule has 0 aromatic heterocycles. The molecule has 0 heterocycles. The van der Waals surface area contributed by atoms with E-state index in [1.54, 1.807) is 37.7 Å². The summed E-state index contributed by atoms with van der Waals surface area (Å²) in [4.78, 5) is 0. The Bertz CT molecular complexity index is 243. The molecule has 0 aliphatic heterocycles. The molecule has 0 aromatic rings. The number of hydrogen-bond donors (Lipinski definition) is 0. The van der Waals surface area contributed by atoms with Gasteiger partial charge in [0.1, 0.15) is 0 Å². The second kappa shape index (κ2) is 24.6. The Morgan fingerprint density at radius 3 is 0.929 bits per heavy atom.